The van der Waals surface area contributed by atoms with Gasteiger partial charge in [-0.3, -0.25) is 4.99 Å². The quantitative estimate of drug-likeness (QED) is 0.317. The topological polar surface area (TPSA) is 83.0 Å². The van der Waals surface area contributed by atoms with Crippen LogP contribution >= 0.6 is 24.0 Å². The number of sulfonamides is 1. The van der Waals surface area contributed by atoms with E-state index in [1.165, 1.54) is 17.4 Å². The second-order valence-corrected chi connectivity index (χ2v) is 9.52. The van der Waals surface area contributed by atoms with Crippen LogP contribution in [0.3, 0.4) is 0 Å². The molecule has 2 N–H and O–H groups in total. The number of ether oxygens (including phenoxy) is 1. The highest BCUT2D eigenvalue weighted by molar-refractivity contribution is 14.0. The first-order chi connectivity index (χ1) is 13.5. The van der Waals surface area contributed by atoms with Crippen LogP contribution in [-0.4, -0.2) is 64.3 Å². The highest BCUT2D eigenvalue weighted by Gasteiger charge is 2.24. The van der Waals surface area contributed by atoms with Gasteiger partial charge in [-0.15, -0.1) is 24.0 Å². The van der Waals surface area contributed by atoms with Gasteiger partial charge in [0, 0.05) is 39.1 Å². The van der Waals surface area contributed by atoms with Gasteiger partial charge in [0.1, 0.15) is 5.75 Å². The van der Waals surface area contributed by atoms with Gasteiger partial charge in [-0.05, 0) is 49.3 Å². The van der Waals surface area contributed by atoms with E-state index < -0.39 is 10.0 Å². The summed E-state index contributed by atoms with van der Waals surface area (Å²) in [6, 6.07) is 6.44. The number of rotatable bonds is 7. The van der Waals surface area contributed by atoms with Gasteiger partial charge in [0.25, 0.3) is 0 Å². The average Bonchev–Trinajstić information content (AvgIpc) is 3.13. The Kier molecular flexibility index (Phi) is 9.48. The molecule has 0 radical (unpaired) electrons. The lowest BCUT2D eigenvalue weighted by Gasteiger charge is -2.29. The normalized spacial score (nSPS) is 17.9. The predicted octanol–water partition coefficient (Wildman–Crippen LogP) is 2.01. The fourth-order valence-electron chi connectivity index (χ4n) is 3.71. The summed E-state index contributed by atoms with van der Waals surface area (Å²) in [5.74, 6) is 2.29. The van der Waals surface area contributed by atoms with Crippen LogP contribution in [0.1, 0.15) is 30.9 Å². The van der Waals surface area contributed by atoms with Crippen LogP contribution in [0.4, 0.5) is 0 Å². The maximum atomic E-state index is 11.6. The third-order valence-electron chi connectivity index (χ3n) is 5.35. The highest BCUT2D eigenvalue weighted by atomic mass is 127. The van der Waals surface area contributed by atoms with E-state index in [-0.39, 0.29) is 24.0 Å². The molecule has 0 bridgehead atoms. The lowest BCUT2D eigenvalue weighted by atomic mass is 9.98. The van der Waals surface area contributed by atoms with Crippen LogP contribution in [-0.2, 0) is 22.9 Å². The Bertz CT molecular complexity index is 793. The second-order valence-electron chi connectivity index (χ2n) is 7.54. The van der Waals surface area contributed by atoms with E-state index >= 15 is 0 Å². The lowest BCUT2D eigenvalue weighted by Crippen LogP contribution is -2.40. The molecular weight excluding hydrogens is 503 g/mol. The largest absolute Gasteiger partial charge is 0.493 e. The number of hydrogen-bond donors (Lipinski definition) is 2. The second kappa shape index (κ2) is 11.4. The number of guanidine groups is 1. The van der Waals surface area contributed by atoms with Gasteiger partial charge in [-0.25, -0.2) is 12.7 Å². The summed E-state index contributed by atoms with van der Waals surface area (Å²) in [5.41, 5.74) is 2.61. The van der Waals surface area contributed by atoms with Gasteiger partial charge >= 0.3 is 0 Å². The summed E-state index contributed by atoms with van der Waals surface area (Å²) in [7, 11) is -3.07. The molecule has 1 aromatic rings. The zero-order chi connectivity index (χ0) is 20.0. The molecule has 1 fully saturated rings. The molecule has 9 heteroatoms. The van der Waals surface area contributed by atoms with Gasteiger partial charge < -0.3 is 15.4 Å². The minimum absolute atomic E-state index is 0. The fourth-order valence-corrected chi connectivity index (χ4v) is 4.58. The Labute approximate surface area is 191 Å². The van der Waals surface area contributed by atoms with Crippen LogP contribution < -0.4 is 15.4 Å². The predicted molar refractivity (Wildman–Crippen MR) is 128 cm³/mol. The number of fused-ring (bicyclic) bond motifs is 1. The van der Waals surface area contributed by atoms with Crippen molar-refractivity contribution < 1.29 is 13.2 Å². The smallest absolute Gasteiger partial charge is 0.211 e. The molecule has 3 rings (SSSR count). The number of halogens is 1. The average molecular weight is 536 g/mol. The monoisotopic (exact) mass is 536 g/mol. The minimum Gasteiger partial charge on any atom is -0.493 e. The zero-order valence-electron chi connectivity index (χ0n) is 17.3. The number of hydrogen-bond acceptors (Lipinski definition) is 4. The molecule has 0 aliphatic carbocycles. The Hall–Kier alpha value is -1.07. The first-order valence-corrected chi connectivity index (χ1v) is 12.0. The molecule has 7 nitrogen and oxygen atoms in total. The number of piperidine rings is 1. The van der Waals surface area contributed by atoms with Crippen molar-refractivity contribution in [3.63, 3.8) is 0 Å². The van der Waals surface area contributed by atoms with E-state index in [0.29, 0.717) is 19.0 Å². The van der Waals surface area contributed by atoms with Gasteiger partial charge in [0.2, 0.25) is 10.0 Å². The van der Waals surface area contributed by atoms with E-state index in [1.807, 2.05) is 0 Å². The summed E-state index contributed by atoms with van der Waals surface area (Å²) >= 11 is 0. The number of aliphatic imine (C=N–C) groups is 1. The molecular formula is C20H33IN4O3S. The van der Waals surface area contributed by atoms with Crippen molar-refractivity contribution in [2.24, 2.45) is 10.9 Å². The number of nitrogens with zero attached hydrogens (tertiary/aromatic N) is 2. The van der Waals surface area contributed by atoms with Crippen LogP contribution in [0, 0.1) is 5.92 Å². The third kappa shape index (κ3) is 7.29. The first-order valence-electron chi connectivity index (χ1n) is 10.2. The van der Waals surface area contributed by atoms with E-state index in [4.69, 9.17) is 9.73 Å². The van der Waals surface area contributed by atoms with Gasteiger partial charge in [0.15, 0.2) is 5.96 Å². The summed E-state index contributed by atoms with van der Waals surface area (Å²) in [6.07, 6.45) is 4.95. The van der Waals surface area contributed by atoms with Crippen molar-refractivity contribution in [3.8, 4) is 5.75 Å². The molecule has 2 aliphatic rings. The molecule has 0 saturated carbocycles. The Morgan fingerprint density at radius 2 is 2.03 bits per heavy atom. The molecule has 164 valence electrons. The summed E-state index contributed by atoms with van der Waals surface area (Å²) in [4.78, 5) is 4.72. The highest BCUT2D eigenvalue weighted by Crippen LogP contribution is 2.25. The maximum absolute atomic E-state index is 11.6. The molecule has 0 atom stereocenters. The zero-order valence-corrected chi connectivity index (χ0v) is 20.5. The summed E-state index contributed by atoms with van der Waals surface area (Å²) < 4.78 is 30.4. The fraction of sp³-hybridized carbons (Fsp3) is 0.650. The standard InChI is InChI=1S/C20H32N4O3S.HI/c1-3-21-20(23-15-17-7-11-24(12-8-17)28(2,25)26)22-10-6-16-4-5-19-18(14-16)9-13-27-19;/h4-5,14,17H,3,6-13,15H2,1-2H3,(H2,21,22,23);1H. The van der Waals surface area contributed by atoms with Crippen molar-refractivity contribution in [1.82, 2.24) is 14.9 Å². The third-order valence-corrected chi connectivity index (χ3v) is 6.66. The molecule has 1 aromatic carbocycles. The van der Waals surface area contributed by atoms with Crippen LogP contribution in [0.2, 0.25) is 0 Å². The molecule has 1 saturated heterocycles. The van der Waals surface area contributed by atoms with E-state index in [1.54, 1.807) is 4.31 Å². The molecule has 2 aliphatic heterocycles. The van der Waals surface area contributed by atoms with Crippen molar-refractivity contribution in [1.29, 1.82) is 0 Å². The van der Waals surface area contributed by atoms with Crippen molar-refractivity contribution in [2.45, 2.75) is 32.6 Å². The van der Waals surface area contributed by atoms with Crippen LogP contribution in [0.25, 0.3) is 0 Å². The van der Waals surface area contributed by atoms with Crippen molar-refractivity contribution in [3.05, 3.63) is 29.3 Å². The van der Waals surface area contributed by atoms with E-state index in [9.17, 15) is 8.42 Å². The molecule has 2 heterocycles. The molecule has 0 spiro atoms. The minimum atomic E-state index is -3.07. The van der Waals surface area contributed by atoms with Gasteiger partial charge in [-0.2, -0.15) is 0 Å². The summed E-state index contributed by atoms with van der Waals surface area (Å²) in [5, 5.41) is 6.71. The van der Waals surface area contributed by atoms with E-state index in [2.05, 4.69) is 35.8 Å². The van der Waals surface area contributed by atoms with Gasteiger partial charge in [-0.1, -0.05) is 12.1 Å². The Morgan fingerprint density at radius 3 is 2.72 bits per heavy atom. The number of benzene rings is 1. The van der Waals surface area contributed by atoms with Crippen molar-refractivity contribution >= 4 is 40.0 Å². The van der Waals surface area contributed by atoms with Crippen LogP contribution in [0.5, 0.6) is 5.75 Å². The first kappa shape index (κ1) is 24.2. The van der Waals surface area contributed by atoms with E-state index in [0.717, 1.165) is 63.6 Å². The Balaban J connectivity index is 0.00000300. The SMILES string of the molecule is CCNC(=NCC1CCN(S(C)(=O)=O)CC1)NCCc1ccc2c(c1)CCO2.I. The maximum Gasteiger partial charge on any atom is 0.211 e. The molecule has 0 unspecified atom stereocenters. The van der Waals surface area contributed by atoms with Crippen molar-refractivity contribution in [2.75, 3.05) is 45.6 Å². The Morgan fingerprint density at radius 1 is 1.28 bits per heavy atom. The summed E-state index contributed by atoms with van der Waals surface area (Å²) in [6.45, 7) is 6.41. The number of nitrogens with one attached hydrogen (secondary N) is 2. The van der Waals surface area contributed by atoms with Gasteiger partial charge in [0.05, 0.1) is 12.9 Å². The molecule has 0 aromatic heterocycles. The molecule has 29 heavy (non-hydrogen) atoms. The molecule has 0 amide bonds. The van der Waals surface area contributed by atoms with Crippen LogP contribution in [0.15, 0.2) is 23.2 Å². The lowest BCUT2D eigenvalue weighted by molar-refractivity contribution is 0.280.